The monoisotopic (exact) mass is 376 g/mol. The molecule has 0 atom stereocenters. The molecule has 1 aliphatic heterocycles. The fourth-order valence-corrected chi connectivity index (χ4v) is 2.79. The van der Waals surface area contributed by atoms with Gasteiger partial charge < -0.3 is 15.4 Å². The molecule has 2 N–H and O–H groups in total. The minimum Gasteiger partial charge on any atom is -0.496 e. The number of ether oxygens (including phenoxy) is 1. The molecule has 0 bridgehead atoms. The number of carbonyl (C=O) groups is 1. The molecule has 0 aromatic heterocycles. The molecule has 1 amide bonds. The van der Waals surface area contributed by atoms with Crippen LogP contribution < -0.4 is 15.4 Å². The summed E-state index contributed by atoms with van der Waals surface area (Å²) in [5.41, 5.74) is 0.761. The van der Waals surface area contributed by atoms with E-state index in [0.29, 0.717) is 17.9 Å². The average Bonchev–Trinajstić information content (AvgIpc) is 2.45. The van der Waals surface area contributed by atoms with Crippen LogP contribution in [-0.2, 0) is 0 Å². The molecule has 0 spiro atoms. The fourth-order valence-electron chi connectivity index (χ4n) is 2.45. The summed E-state index contributed by atoms with van der Waals surface area (Å²) in [7, 11) is 1.58. The zero-order chi connectivity index (χ0) is 14.6. The fraction of sp³-hybridized carbons (Fsp3) is 0.533. The Labute approximate surface area is 140 Å². The van der Waals surface area contributed by atoms with Crippen molar-refractivity contribution in [1.82, 2.24) is 10.6 Å². The summed E-state index contributed by atoms with van der Waals surface area (Å²) < 4.78 is 6.16. The first-order valence-electron chi connectivity index (χ1n) is 6.86. The Morgan fingerprint density at radius 1 is 1.43 bits per heavy atom. The van der Waals surface area contributed by atoms with Crippen LogP contribution in [0, 0.1) is 5.41 Å². The Kier molecular flexibility index (Phi) is 6.97. The Morgan fingerprint density at radius 3 is 2.71 bits per heavy atom. The van der Waals surface area contributed by atoms with Gasteiger partial charge >= 0.3 is 0 Å². The van der Waals surface area contributed by atoms with Crippen LogP contribution in [0.2, 0.25) is 0 Å². The van der Waals surface area contributed by atoms with E-state index in [1.54, 1.807) is 19.2 Å². The highest BCUT2D eigenvalue weighted by Gasteiger charge is 2.27. The Bertz CT molecular complexity index is 491. The highest BCUT2D eigenvalue weighted by molar-refractivity contribution is 9.10. The summed E-state index contributed by atoms with van der Waals surface area (Å²) in [6.45, 7) is 4.97. The van der Waals surface area contributed by atoms with Crippen molar-refractivity contribution in [3.8, 4) is 5.75 Å². The molecule has 2 rings (SSSR count). The number of nitrogens with one attached hydrogen (secondary N) is 2. The molecule has 1 aliphatic rings. The van der Waals surface area contributed by atoms with E-state index in [2.05, 4.69) is 33.5 Å². The van der Waals surface area contributed by atoms with Crippen molar-refractivity contribution in [2.75, 3.05) is 26.7 Å². The smallest absolute Gasteiger partial charge is 0.255 e. The lowest BCUT2D eigenvalue weighted by Gasteiger charge is -2.34. The van der Waals surface area contributed by atoms with Crippen molar-refractivity contribution in [1.29, 1.82) is 0 Å². The maximum absolute atomic E-state index is 12.3. The van der Waals surface area contributed by atoms with Gasteiger partial charge in [0.25, 0.3) is 5.91 Å². The highest BCUT2D eigenvalue weighted by Crippen LogP contribution is 2.27. The van der Waals surface area contributed by atoms with Gasteiger partial charge in [-0.05, 0) is 49.5 Å². The molecule has 118 valence electrons. The Morgan fingerprint density at radius 2 is 2.10 bits per heavy atom. The van der Waals surface area contributed by atoms with E-state index in [0.717, 1.165) is 30.4 Å². The number of amides is 1. The number of halogens is 2. The molecular weight excluding hydrogens is 356 g/mol. The molecule has 0 saturated carbocycles. The number of hydrogen-bond acceptors (Lipinski definition) is 3. The lowest BCUT2D eigenvalue weighted by atomic mass is 9.81. The molecule has 21 heavy (non-hydrogen) atoms. The van der Waals surface area contributed by atoms with Gasteiger partial charge in [0, 0.05) is 11.0 Å². The number of carbonyl (C=O) groups excluding carboxylic acids is 1. The number of rotatable bonds is 4. The summed E-state index contributed by atoms with van der Waals surface area (Å²) in [4.78, 5) is 12.3. The Hall–Kier alpha value is -0.780. The molecule has 1 heterocycles. The van der Waals surface area contributed by atoms with E-state index >= 15 is 0 Å². The maximum Gasteiger partial charge on any atom is 0.255 e. The van der Waals surface area contributed by atoms with Crippen LogP contribution in [0.3, 0.4) is 0 Å². The predicted octanol–water partition coefficient (Wildman–Crippen LogP) is 3.00. The number of hydrogen-bond donors (Lipinski definition) is 2. The van der Waals surface area contributed by atoms with Gasteiger partial charge in [-0.3, -0.25) is 4.79 Å². The molecule has 6 heteroatoms. The second kappa shape index (κ2) is 8.01. The number of piperidine rings is 1. The molecular formula is C15H22BrClN2O2. The SMILES string of the molecule is COc1cc(Br)ccc1C(=O)NCC1(C)CCNCC1.Cl. The van der Waals surface area contributed by atoms with E-state index < -0.39 is 0 Å². The van der Waals surface area contributed by atoms with Crippen LogP contribution >= 0.6 is 28.3 Å². The van der Waals surface area contributed by atoms with Gasteiger partial charge in [0.2, 0.25) is 0 Å². The van der Waals surface area contributed by atoms with Gasteiger partial charge in [0.05, 0.1) is 12.7 Å². The number of benzene rings is 1. The summed E-state index contributed by atoms with van der Waals surface area (Å²) in [6, 6.07) is 5.44. The zero-order valence-electron chi connectivity index (χ0n) is 12.4. The minimum atomic E-state index is -0.0749. The van der Waals surface area contributed by atoms with Gasteiger partial charge in [-0.15, -0.1) is 12.4 Å². The average molecular weight is 378 g/mol. The van der Waals surface area contributed by atoms with Gasteiger partial charge in [0.1, 0.15) is 5.75 Å². The molecule has 1 fully saturated rings. The van der Waals surface area contributed by atoms with Gasteiger partial charge in [-0.2, -0.15) is 0 Å². The second-order valence-electron chi connectivity index (χ2n) is 5.59. The first-order valence-corrected chi connectivity index (χ1v) is 7.66. The summed E-state index contributed by atoms with van der Waals surface area (Å²) in [6.07, 6.45) is 2.18. The summed E-state index contributed by atoms with van der Waals surface area (Å²) >= 11 is 3.38. The quantitative estimate of drug-likeness (QED) is 0.848. The molecule has 0 unspecified atom stereocenters. The summed E-state index contributed by atoms with van der Waals surface area (Å²) in [5.74, 6) is 0.515. The molecule has 1 aromatic rings. The van der Waals surface area contributed by atoms with E-state index in [1.807, 2.05) is 6.07 Å². The standard InChI is InChI=1S/C15H21BrN2O2.ClH/c1-15(5-7-17-8-6-15)10-18-14(19)12-4-3-11(16)9-13(12)20-2;/h3-4,9,17H,5-8,10H2,1-2H3,(H,18,19);1H. The largest absolute Gasteiger partial charge is 0.496 e. The van der Waals surface area contributed by atoms with Crippen LogP contribution in [0.5, 0.6) is 5.75 Å². The third-order valence-electron chi connectivity index (χ3n) is 3.89. The summed E-state index contributed by atoms with van der Waals surface area (Å²) in [5, 5.41) is 6.39. The van der Waals surface area contributed by atoms with E-state index in [4.69, 9.17) is 4.74 Å². The molecule has 1 saturated heterocycles. The van der Waals surface area contributed by atoms with Crippen LogP contribution in [0.15, 0.2) is 22.7 Å². The van der Waals surface area contributed by atoms with Crippen molar-refractivity contribution in [2.45, 2.75) is 19.8 Å². The minimum absolute atomic E-state index is 0. The van der Waals surface area contributed by atoms with Gasteiger partial charge in [-0.1, -0.05) is 22.9 Å². The molecule has 0 aliphatic carbocycles. The third kappa shape index (κ3) is 4.87. The molecule has 4 nitrogen and oxygen atoms in total. The van der Waals surface area contributed by atoms with Crippen molar-refractivity contribution in [3.63, 3.8) is 0 Å². The second-order valence-corrected chi connectivity index (χ2v) is 6.50. The van der Waals surface area contributed by atoms with Crippen LogP contribution in [0.1, 0.15) is 30.1 Å². The normalized spacial score (nSPS) is 16.7. The van der Waals surface area contributed by atoms with E-state index in [-0.39, 0.29) is 23.7 Å². The first kappa shape index (κ1) is 18.3. The first-order chi connectivity index (χ1) is 9.54. The predicted molar refractivity (Wildman–Crippen MR) is 90.5 cm³/mol. The molecule has 1 aromatic carbocycles. The Balaban J connectivity index is 0.00000220. The van der Waals surface area contributed by atoms with Crippen LogP contribution in [-0.4, -0.2) is 32.7 Å². The maximum atomic E-state index is 12.3. The lowest BCUT2D eigenvalue weighted by molar-refractivity contribution is 0.0919. The van der Waals surface area contributed by atoms with Crippen molar-refractivity contribution < 1.29 is 9.53 Å². The van der Waals surface area contributed by atoms with Gasteiger partial charge in [-0.25, -0.2) is 0 Å². The van der Waals surface area contributed by atoms with Crippen molar-refractivity contribution >= 4 is 34.2 Å². The third-order valence-corrected chi connectivity index (χ3v) is 4.39. The van der Waals surface area contributed by atoms with E-state index in [9.17, 15) is 4.79 Å². The topological polar surface area (TPSA) is 50.4 Å². The number of methoxy groups -OCH3 is 1. The van der Waals surface area contributed by atoms with Crippen LogP contribution in [0.4, 0.5) is 0 Å². The zero-order valence-corrected chi connectivity index (χ0v) is 14.8. The van der Waals surface area contributed by atoms with Crippen LogP contribution in [0.25, 0.3) is 0 Å². The lowest BCUT2D eigenvalue weighted by Crippen LogP contribution is -2.42. The van der Waals surface area contributed by atoms with Crippen molar-refractivity contribution in [2.24, 2.45) is 5.41 Å². The van der Waals surface area contributed by atoms with E-state index in [1.165, 1.54) is 0 Å². The highest BCUT2D eigenvalue weighted by atomic mass is 79.9. The van der Waals surface area contributed by atoms with Crippen molar-refractivity contribution in [3.05, 3.63) is 28.2 Å². The molecule has 0 radical (unpaired) electrons. The van der Waals surface area contributed by atoms with Gasteiger partial charge in [0.15, 0.2) is 0 Å².